The van der Waals surface area contributed by atoms with Gasteiger partial charge in [0.25, 0.3) is 10.1 Å². The molecular weight excluding hydrogens is 586 g/mol. The molecule has 0 amide bonds. The summed E-state index contributed by atoms with van der Waals surface area (Å²) in [6, 6.07) is 28.6. The van der Waals surface area contributed by atoms with Crippen molar-refractivity contribution in [2.75, 3.05) is 26.2 Å². The van der Waals surface area contributed by atoms with E-state index in [1.165, 1.54) is 19.3 Å². The number of likely N-dealkylation sites (tertiary alicyclic amines) is 1. The van der Waals surface area contributed by atoms with Crippen LogP contribution in [0.25, 0.3) is 11.1 Å². The minimum Gasteiger partial charge on any atom is -0.508 e. The van der Waals surface area contributed by atoms with E-state index in [1.807, 2.05) is 42.5 Å². The fourth-order valence-corrected chi connectivity index (χ4v) is 7.51. The van der Waals surface area contributed by atoms with E-state index in [0.29, 0.717) is 41.9 Å². The number of phenols is 2. The molecule has 6 rings (SSSR count). The molecule has 1 aliphatic heterocycles. The number of piperidine rings is 1. The van der Waals surface area contributed by atoms with Crippen LogP contribution in [0, 0.1) is 0 Å². The maximum absolute atomic E-state index is 13.7. The monoisotopic (exact) mass is 625 g/mol. The SMILES string of the molecule is O=S(=O)(Cc1ccccc1)OC(C1=C(c2cccc(O)c2)CCc2cc(O)ccc21)c1ccc(OCCN2CCCCC2)cc1. The van der Waals surface area contributed by atoms with Gasteiger partial charge in [0.2, 0.25) is 0 Å². The molecule has 4 aromatic rings. The van der Waals surface area contributed by atoms with Gasteiger partial charge in [-0.05, 0) is 114 Å². The predicted molar refractivity (Wildman–Crippen MR) is 176 cm³/mol. The Balaban J connectivity index is 1.38. The number of ether oxygens (including phenoxy) is 1. The van der Waals surface area contributed by atoms with Crippen LogP contribution in [-0.2, 0) is 26.5 Å². The lowest BCUT2D eigenvalue weighted by Gasteiger charge is -2.30. The Labute approximate surface area is 265 Å². The van der Waals surface area contributed by atoms with E-state index in [1.54, 1.807) is 54.6 Å². The number of aryl methyl sites for hydroxylation is 1. The van der Waals surface area contributed by atoms with Crippen LogP contribution in [0.2, 0.25) is 0 Å². The molecule has 0 saturated carbocycles. The van der Waals surface area contributed by atoms with Crippen molar-refractivity contribution < 1.29 is 27.6 Å². The molecule has 0 bridgehead atoms. The van der Waals surface area contributed by atoms with Gasteiger partial charge in [-0.2, -0.15) is 8.42 Å². The standard InChI is InChI=1S/C37H39NO6S/c39-31-11-7-10-29(24-31)34-18-14-30-25-32(40)15-19-35(30)36(34)37(44-45(41,42)26-27-8-3-1-4-9-27)28-12-16-33(17-13-28)43-23-22-38-20-5-2-6-21-38/h1,3-4,7-13,15-17,19,24-25,37,39-40H,2,5-6,14,18,20-23,26H2. The smallest absolute Gasteiger partial charge is 0.272 e. The van der Waals surface area contributed by atoms with Crippen LogP contribution < -0.4 is 4.74 Å². The highest BCUT2D eigenvalue weighted by atomic mass is 32.2. The lowest BCUT2D eigenvalue weighted by atomic mass is 9.79. The quantitative estimate of drug-likeness (QED) is 0.172. The molecule has 1 aliphatic carbocycles. The first-order valence-electron chi connectivity index (χ1n) is 15.6. The third-order valence-electron chi connectivity index (χ3n) is 8.54. The second kappa shape index (κ2) is 13.9. The number of phenolic OH excluding ortho intramolecular Hbond substituents is 2. The van der Waals surface area contributed by atoms with Crippen molar-refractivity contribution in [3.8, 4) is 17.2 Å². The second-order valence-electron chi connectivity index (χ2n) is 11.8. The van der Waals surface area contributed by atoms with Gasteiger partial charge in [0, 0.05) is 6.54 Å². The summed E-state index contributed by atoms with van der Waals surface area (Å²) in [5.74, 6) is 0.696. The highest BCUT2D eigenvalue weighted by Gasteiger charge is 2.32. The number of benzene rings is 4. The van der Waals surface area contributed by atoms with Gasteiger partial charge in [0.05, 0.1) is 0 Å². The van der Waals surface area contributed by atoms with Crippen molar-refractivity contribution in [2.24, 2.45) is 0 Å². The topological polar surface area (TPSA) is 96.3 Å². The molecule has 0 spiro atoms. The van der Waals surface area contributed by atoms with Crippen LogP contribution in [0.15, 0.2) is 97.1 Å². The van der Waals surface area contributed by atoms with E-state index in [2.05, 4.69) is 4.90 Å². The van der Waals surface area contributed by atoms with Gasteiger partial charge in [-0.3, -0.25) is 9.08 Å². The predicted octanol–water partition coefficient (Wildman–Crippen LogP) is 7.11. The molecule has 7 nitrogen and oxygen atoms in total. The minimum atomic E-state index is -4.06. The van der Waals surface area contributed by atoms with Gasteiger partial charge in [-0.1, -0.05) is 67.1 Å². The van der Waals surface area contributed by atoms with Gasteiger partial charge in [0.1, 0.15) is 35.7 Å². The summed E-state index contributed by atoms with van der Waals surface area (Å²) in [7, 11) is -4.06. The number of fused-ring (bicyclic) bond motifs is 1. The summed E-state index contributed by atoms with van der Waals surface area (Å²) in [5.41, 5.74) is 5.35. The Kier molecular flexibility index (Phi) is 9.54. The molecule has 1 atom stereocenters. The molecule has 4 aromatic carbocycles. The summed E-state index contributed by atoms with van der Waals surface area (Å²) in [6.45, 7) is 3.66. The Bertz CT molecular complexity index is 1750. The number of rotatable bonds is 11. The Morgan fingerprint density at radius 1 is 0.778 bits per heavy atom. The molecule has 2 aliphatic rings. The maximum atomic E-state index is 13.7. The average molecular weight is 626 g/mol. The molecule has 0 aromatic heterocycles. The molecule has 1 heterocycles. The third-order valence-corrected chi connectivity index (χ3v) is 9.71. The van der Waals surface area contributed by atoms with E-state index in [4.69, 9.17) is 8.92 Å². The van der Waals surface area contributed by atoms with Gasteiger partial charge < -0.3 is 14.9 Å². The number of aromatic hydroxyl groups is 2. The number of hydrogen-bond acceptors (Lipinski definition) is 7. The largest absolute Gasteiger partial charge is 0.508 e. The van der Waals surface area contributed by atoms with Gasteiger partial charge >= 0.3 is 0 Å². The van der Waals surface area contributed by atoms with Crippen LogP contribution in [0.4, 0.5) is 0 Å². The lowest BCUT2D eigenvalue weighted by molar-refractivity contribution is 0.183. The van der Waals surface area contributed by atoms with Crippen molar-refractivity contribution in [1.29, 1.82) is 0 Å². The maximum Gasteiger partial charge on any atom is 0.272 e. The fraction of sp³-hybridized carbons (Fsp3) is 0.297. The molecule has 0 radical (unpaired) electrons. The number of nitrogens with zero attached hydrogens (tertiary/aromatic N) is 1. The van der Waals surface area contributed by atoms with Crippen LogP contribution in [-0.4, -0.2) is 49.8 Å². The Morgan fingerprint density at radius 2 is 1.53 bits per heavy atom. The number of allylic oxidation sites excluding steroid dienone is 1. The third kappa shape index (κ3) is 7.76. The molecule has 1 saturated heterocycles. The summed E-state index contributed by atoms with van der Waals surface area (Å²) < 4.78 is 39.6. The summed E-state index contributed by atoms with van der Waals surface area (Å²) in [4.78, 5) is 2.42. The lowest BCUT2D eigenvalue weighted by Crippen LogP contribution is -2.33. The summed E-state index contributed by atoms with van der Waals surface area (Å²) in [5, 5.41) is 20.6. The normalized spacial score (nSPS) is 16.3. The van der Waals surface area contributed by atoms with Crippen molar-refractivity contribution in [3.63, 3.8) is 0 Å². The van der Waals surface area contributed by atoms with Crippen molar-refractivity contribution >= 4 is 21.3 Å². The molecule has 234 valence electrons. The van der Waals surface area contributed by atoms with Crippen LogP contribution in [0.5, 0.6) is 17.2 Å². The molecule has 8 heteroatoms. The van der Waals surface area contributed by atoms with Gasteiger partial charge in [0.15, 0.2) is 0 Å². The number of hydrogen-bond donors (Lipinski definition) is 2. The fourth-order valence-electron chi connectivity index (χ4n) is 6.34. The Morgan fingerprint density at radius 3 is 2.29 bits per heavy atom. The van der Waals surface area contributed by atoms with Crippen LogP contribution >= 0.6 is 0 Å². The van der Waals surface area contributed by atoms with Crippen molar-refractivity contribution in [2.45, 2.75) is 44.0 Å². The van der Waals surface area contributed by atoms with Crippen molar-refractivity contribution in [3.05, 3.63) is 125 Å². The molecular formula is C37H39NO6S. The summed E-state index contributed by atoms with van der Waals surface area (Å²) in [6.07, 6.45) is 3.98. The average Bonchev–Trinajstić information content (AvgIpc) is 3.04. The van der Waals surface area contributed by atoms with E-state index in [-0.39, 0.29) is 17.3 Å². The zero-order valence-electron chi connectivity index (χ0n) is 25.3. The highest BCUT2D eigenvalue weighted by molar-refractivity contribution is 7.85. The second-order valence-corrected chi connectivity index (χ2v) is 13.4. The zero-order chi connectivity index (χ0) is 31.2. The molecule has 1 fully saturated rings. The van der Waals surface area contributed by atoms with Crippen LogP contribution in [0.1, 0.15) is 59.6 Å². The molecule has 45 heavy (non-hydrogen) atoms. The molecule has 2 N–H and O–H groups in total. The van der Waals surface area contributed by atoms with E-state index in [9.17, 15) is 18.6 Å². The Hall–Kier alpha value is -4.11. The highest BCUT2D eigenvalue weighted by Crippen LogP contribution is 2.47. The van der Waals surface area contributed by atoms with Crippen molar-refractivity contribution in [1.82, 2.24) is 4.90 Å². The zero-order valence-corrected chi connectivity index (χ0v) is 26.1. The van der Waals surface area contributed by atoms with E-state index < -0.39 is 16.2 Å². The summed E-state index contributed by atoms with van der Waals surface area (Å²) >= 11 is 0. The van der Waals surface area contributed by atoms with E-state index in [0.717, 1.165) is 41.9 Å². The first kappa shape index (κ1) is 30.9. The first-order chi connectivity index (χ1) is 21.8. The minimum absolute atomic E-state index is 0.121. The van der Waals surface area contributed by atoms with Gasteiger partial charge in [-0.25, -0.2) is 0 Å². The van der Waals surface area contributed by atoms with E-state index >= 15 is 0 Å². The van der Waals surface area contributed by atoms with Gasteiger partial charge in [-0.15, -0.1) is 0 Å². The van der Waals surface area contributed by atoms with Crippen LogP contribution in [0.3, 0.4) is 0 Å². The first-order valence-corrected chi connectivity index (χ1v) is 17.2. The molecule has 1 unspecified atom stereocenters.